The second kappa shape index (κ2) is 6.91. The zero-order chi connectivity index (χ0) is 12.8. The van der Waals surface area contributed by atoms with Crippen molar-refractivity contribution in [1.29, 1.82) is 0 Å². The van der Waals surface area contributed by atoms with Crippen LogP contribution in [0.5, 0.6) is 0 Å². The molecule has 5 heteroatoms. The minimum absolute atomic E-state index is 0.123. The Bertz CT molecular complexity index is 360. The lowest BCUT2D eigenvalue weighted by molar-refractivity contribution is 0.134. The van der Waals surface area contributed by atoms with Crippen molar-refractivity contribution in [1.82, 2.24) is 10.2 Å². The van der Waals surface area contributed by atoms with Crippen molar-refractivity contribution in [2.75, 3.05) is 27.2 Å². The number of hydrogen-bond acceptors (Lipinski definition) is 3. The highest BCUT2D eigenvalue weighted by atomic mass is 35.5. The van der Waals surface area contributed by atoms with Gasteiger partial charge in [0.25, 0.3) is 0 Å². The van der Waals surface area contributed by atoms with Gasteiger partial charge in [-0.15, -0.1) is 0 Å². The van der Waals surface area contributed by atoms with Crippen LogP contribution >= 0.6 is 11.6 Å². The van der Waals surface area contributed by atoms with E-state index in [0.717, 1.165) is 0 Å². The Morgan fingerprint density at radius 1 is 1.47 bits per heavy atom. The molecule has 0 bridgehead atoms. The largest absolute Gasteiger partial charge is 0.390 e. The molecule has 3 nitrogen and oxygen atoms in total. The van der Waals surface area contributed by atoms with Crippen LogP contribution < -0.4 is 5.32 Å². The molecule has 2 N–H and O–H groups in total. The fraction of sp³-hybridized carbons (Fsp3) is 0.500. The first-order chi connectivity index (χ1) is 8.00. The maximum absolute atomic E-state index is 13.5. The molecule has 0 saturated heterocycles. The van der Waals surface area contributed by atoms with Gasteiger partial charge in [0.1, 0.15) is 5.82 Å². The van der Waals surface area contributed by atoms with Crippen LogP contribution in [0.4, 0.5) is 4.39 Å². The Morgan fingerprint density at radius 2 is 2.18 bits per heavy atom. The third-order valence-electron chi connectivity index (χ3n) is 2.30. The first kappa shape index (κ1) is 14.4. The summed E-state index contributed by atoms with van der Waals surface area (Å²) in [7, 11) is 3.78. The van der Waals surface area contributed by atoms with E-state index < -0.39 is 11.9 Å². The Labute approximate surface area is 106 Å². The molecule has 0 fully saturated rings. The third-order valence-corrected chi connectivity index (χ3v) is 2.59. The SMILES string of the molecule is CN(C)CC(O)CNCc1cccc(Cl)c1F. The van der Waals surface area contributed by atoms with Crippen LogP contribution in [0.3, 0.4) is 0 Å². The molecule has 0 aliphatic rings. The second-order valence-electron chi connectivity index (χ2n) is 4.26. The van der Waals surface area contributed by atoms with E-state index in [4.69, 9.17) is 11.6 Å². The lowest BCUT2D eigenvalue weighted by Crippen LogP contribution is -2.34. The van der Waals surface area contributed by atoms with Gasteiger partial charge in [-0.05, 0) is 20.2 Å². The average Bonchev–Trinajstić information content (AvgIpc) is 2.23. The summed E-state index contributed by atoms with van der Waals surface area (Å²) in [4.78, 5) is 1.90. The summed E-state index contributed by atoms with van der Waals surface area (Å²) in [6.07, 6.45) is -0.466. The van der Waals surface area contributed by atoms with Gasteiger partial charge in [-0.1, -0.05) is 23.7 Å². The lowest BCUT2D eigenvalue weighted by atomic mass is 10.2. The summed E-state index contributed by atoms with van der Waals surface area (Å²) >= 11 is 5.67. The maximum Gasteiger partial charge on any atom is 0.146 e. The van der Waals surface area contributed by atoms with Crippen molar-refractivity contribution >= 4 is 11.6 Å². The lowest BCUT2D eigenvalue weighted by Gasteiger charge is -2.16. The van der Waals surface area contributed by atoms with Crippen molar-refractivity contribution in [2.45, 2.75) is 12.6 Å². The number of likely N-dealkylation sites (N-methyl/N-ethyl adjacent to an activating group) is 1. The summed E-state index contributed by atoms with van der Waals surface area (Å²) in [6, 6.07) is 4.90. The first-order valence-corrected chi connectivity index (χ1v) is 5.85. The van der Waals surface area contributed by atoms with E-state index in [-0.39, 0.29) is 5.02 Å². The van der Waals surface area contributed by atoms with E-state index >= 15 is 0 Å². The number of nitrogens with one attached hydrogen (secondary N) is 1. The van der Waals surface area contributed by atoms with Crippen LogP contribution in [-0.2, 0) is 6.54 Å². The minimum atomic E-state index is -0.466. The monoisotopic (exact) mass is 260 g/mol. The van der Waals surface area contributed by atoms with E-state index in [2.05, 4.69) is 5.32 Å². The average molecular weight is 261 g/mol. The molecule has 1 rings (SSSR count). The molecule has 0 aromatic heterocycles. The van der Waals surface area contributed by atoms with Gasteiger partial charge in [0.2, 0.25) is 0 Å². The maximum atomic E-state index is 13.5. The molecule has 0 heterocycles. The predicted molar refractivity (Wildman–Crippen MR) is 67.7 cm³/mol. The fourth-order valence-corrected chi connectivity index (χ4v) is 1.74. The van der Waals surface area contributed by atoms with E-state index in [1.54, 1.807) is 12.1 Å². The van der Waals surface area contributed by atoms with E-state index in [1.807, 2.05) is 19.0 Å². The van der Waals surface area contributed by atoms with Crippen molar-refractivity contribution in [2.24, 2.45) is 0 Å². The normalized spacial score (nSPS) is 13.1. The van der Waals surface area contributed by atoms with Gasteiger partial charge in [0.15, 0.2) is 0 Å². The molecule has 1 atom stereocenters. The molecule has 96 valence electrons. The topological polar surface area (TPSA) is 35.5 Å². The van der Waals surface area contributed by atoms with Crippen LogP contribution in [-0.4, -0.2) is 43.3 Å². The molecule has 0 amide bonds. The van der Waals surface area contributed by atoms with Crippen LogP contribution in [0, 0.1) is 5.82 Å². The van der Waals surface area contributed by atoms with Crippen LogP contribution in [0.15, 0.2) is 18.2 Å². The minimum Gasteiger partial charge on any atom is -0.390 e. The van der Waals surface area contributed by atoms with Crippen molar-refractivity contribution < 1.29 is 9.50 Å². The highest BCUT2D eigenvalue weighted by molar-refractivity contribution is 6.30. The van der Waals surface area contributed by atoms with Gasteiger partial charge >= 0.3 is 0 Å². The van der Waals surface area contributed by atoms with Crippen LogP contribution in [0.1, 0.15) is 5.56 Å². The first-order valence-electron chi connectivity index (χ1n) is 5.47. The van der Waals surface area contributed by atoms with Crippen molar-refractivity contribution in [3.05, 3.63) is 34.6 Å². The summed E-state index contributed by atoms with van der Waals surface area (Å²) in [5.74, 6) is -0.399. The number of hydrogen-bond donors (Lipinski definition) is 2. The molecular formula is C12H18ClFN2O. The molecule has 17 heavy (non-hydrogen) atoms. The molecule has 0 aliphatic heterocycles. The Kier molecular flexibility index (Phi) is 5.85. The summed E-state index contributed by atoms with van der Waals surface area (Å²) in [5, 5.41) is 12.7. The summed E-state index contributed by atoms with van der Waals surface area (Å²) in [5.41, 5.74) is 0.509. The van der Waals surface area contributed by atoms with Gasteiger partial charge in [0, 0.05) is 25.2 Å². The quantitative estimate of drug-likeness (QED) is 0.814. The van der Waals surface area contributed by atoms with E-state index in [0.29, 0.717) is 25.2 Å². The summed E-state index contributed by atoms with van der Waals surface area (Å²) in [6.45, 7) is 1.35. The van der Waals surface area contributed by atoms with Crippen molar-refractivity contribution in [3.63, 3.8) is 0 Å². The Hall–Kier alpha value is -0.680. The van der Waals surface area contributed by atoms with Crippen LogP contribution in [0.2, 0.25) is 5.02 Å². The zero-order valence-electron chi connectivity index (χ0n) is 10.1. The molecule has 0 saturated carbocycles. The van der Waals surface area contributed by atoms with Crippen molar-refractivity contribution in [3.8, 4) is 0 Å². The molecule has 0 spiro atoms. The molecule has 1 unspecified atom stereocenters. The van der Waals surface area contributed by atoms with Gasteiger partial charge < -0.3 is 15.3 Å². The number of halogens is 2. The second-order valence-corrected chi connectivity index (χ2v) is 4.67. The predicted octanol–water partition coefficient (Wildman–Crippen LogP) is 1.49. The highest BCUT2D eigenvalue weighted by Gasteiger charge is 2.08. The highest BCUT2D eigenvalue weighted by Crippen LogP contribution is 2.17. The third kappa shape index (κ3) is 5.00. The molecule has 1 aromatic carbocycles. The Morgan fingerprint density at radius 3 is 2.82 bits per heavy atom. The zero-order valence-corrected chi connectivity index (χ0v) is 10.8. The fourth-order valence-electron chi connectivity index (χ4n) is 1.54. The van der Waals surface area contributed by atoms with Gasteiger partial charge in [-0.2, -0.15) is 0 Å². The van der Waals surface area contributed by atoms with E-state index in [1.165, 1.54) is 6.07 Å². The molecular weight excluding hydrogens is 243 g/mol. The summed E-state index contributed by atoms with van der Waals surface area (Å²) < 4.78 is 13.5. The molecule has 0 radical (unpaired) electrons. The standard InChI is InChI=1S/C12H18ClFN2O/c1-16(2)8-10(17)7-15-6-9-4-3-5-11(13)12(9)14/h3-5,10,15,17H,6-8H2,1-2H3. The Balaban J connectivity index is 2.38. The van der Waals surface area contributed by atoms with Gasteiger partial charge in [-0.3, -0.25) is 0 Å². The van der Waals surface area contributed by atoms with Gasteiger partial charge in [0.05, 0.1) is 11.1 Å². The number of benzene rings is 1. The molecule has 1 aromatic rings. The van der Waals surface area contributed by atoms with E-state index in [9.17, 15) is 9.50 Å². The number of nitrogens with zero attached hydrogens (tertiary/aromatic N) is 1. The number of rotatable bonds is 6. The smallest absolute Gasteiger partial charge is 0.146 e. The molecule has 0 aliphatic carbocycles. The number of aliphatic hydroxyl groups is 1. The van der Waals surface area contributed by atoms with Gasteiger partial charge in [-0.25, -0.2) is 4.39 Å². The number of aliphatic hydroxyl groups excluding tert-OH is 1. The van der Waals surface area contributed by atoms with Crippen LogP contribution in [0.25, 0.3) is 0 Å².